The molecule has 2 aliphatic rings. The lowest BCUT2D eigenvalue weighted by atomic mass is 9.78. The van der Waals surface area contributed by atoms with Crippen molar-refractivity contribution in [3.63, 3.8) is 0 Å². The van der Waals surface area contributed by atoms with Crippen molar-refractivity contribution >= 4 is 5.91 Å². The first-order valence-corrected chi connectivity index (χ1v) is 11.2. The smallest absolute Gasteiger partial charge is 0.253 e. The molecule has 0 N–H and O–H groups in total. The molecule has 2 fully saturated rings. The van der Waals surface area contributed by atoms with Crippen LogP contribution < -0.4 is 0 Å². The van der Waals surface area contributed by atoms with Crippen molar-refractivity contribution in [1.29, 1.82) is 5.26 Å². The van der Waals surface area contributed by atoms with E-state index in [1.165, 1.54) is 5.56 Å². The van der Waals surface area contributed by atoms with Crippen LogP contribution in [0.25, 0.3) is 0 Å². The van der Waals surface area contributed by atoms with E-state index >= 15 is 0 Å². The summed E-state index contributed by atoms with van der Waals surface area (Å²) in [4.78, 5) is 14.8. The molecule has 0 saturated carbocycles. The van der Waals surface area contributed by atoms with Gasteiger partial charge in [0.15, 0.2) is 0 Å². The predicted molar refractivity (Wildman–Crippen MR) is 118 cm³/mol. The van der Waals surface area contributed by atoms with Crippen LogP contribution in [0.4, 0.5) is 0 Å². The first-order valence-electron chi connectivity index (χ1n) is 11.2. The summed E-state index contributed by atoms with van der Waals surface area (Å²) in [5.74, 6) is 0.618. The fraction of sp³-hybridized carbons (Fsp3) is 0.462. The van der Waals surface area contributed by atoms with Crippen LogP contribution in [0.1, 0.15) is 53.6 Å². The number of amides is 1. The van der Waals surface area contributed by atoms with E-state index in [0.717, 1.165) is 45.3 Å². The number of nitrogens with zero attached hydrogens (tertiary/aromatic N) is 2. The number of piperidine rings is 1. The van der Waals surface area contributed by atoms with Crippen LogP contribution in [0.5, 0.6) is 0 Å². The van der Waals surface area contributed by atoms with Gasteiger partial charge in [0.1, 0.15) is 0 Å². The summed E-state index contributed by atoms with van der Waals surface area (Å²) in [6, 6.07) is 19.3. The van der Waals surface area contributed by atoms with Crippen LogP contribution in [0.3, 0.4) is 0 Å². The third-order valence-electron chi connectivity index (χ3n) is 6.58. The Bertz CT molecular complexity index is 914. The van der Waals surface area contributed by atoms with Crippen molar-refractivity contribution < 1.29 is 14.3 Å². The number of carbonyl (C=O) groups is 1. The normalized spacial score (nSPS) is 20.4. The molecular weight excluding hydrogens is 388 g/mol. The standard InChI is InChI=1S/C26H30N2O3/c27-19-23-7-4-8-24(17-23)25(29)28-13-11-26(12-14-28)18-21(10-16-31-26)9-15-30-20-22-5-2-1-3-6-22/h1-8,17,21H,9-16,18,20H2. The van der Waals surface area contributed by atoms with Crippen molar-refractivity contribution in [2.24, 2.45) is 5.92 Å². The molecule has 4 rings (SSSR count). The van der Waals surface area contributed by atoms with E-state index in [1.54, 1.807) is 24.3 Å². The van der Waals surface area contributed by atoms with Crippen molar-refractivity contribution in [1.82, 2.24) is 4.90 Å². The third-order valence-corrected chi connectivity index (χ3v) is 6.58. The second kappa shape index (κ2) is 10.1. The maximum Gasteiger partial charge on any atom is 0.253 e. The lowest BCUT2D eigenvalue weighted by molar-refractivity contribution is -0.126. The molecule has 5 nitrogen and oxygen atoms in total. The summed E-state index contributed by atoms with van der Waals surface area (Å²) < 4.78 is 12.2. The molecule has 1 amide bonds. The summed E-state index contributed by atoms with van der Waals surface area (Å²) in [5.41, 5.74) is 2.22. The highest BCUT2D eigenvalue weighted by atomic mass is 16.5. The zero-order valence-electron chi connectivity index (χ0n) is 18.0. The molecule has 1 spiro atoms. The molecule has 2 saturated heterocycles. The minimum absolute atomic E-state index is 0.00798. The van der Waals surface area contributed by atoms with Gasteiger partial charge < -0.3 is 14.4 Å². The van der Waals surface area contributed by atoms with Crippen LogP contribution in [0.15, 0.2) is 54.6 Å². The fourth-order valence-electron chi connectivity index (χ4n) is 4.76. The Morgan fingerprint density at radius 1 is 1.16 bits per heavy atom. The molecule has 2 aromatic rings. The maximum atomic E-state index is 12.9. The maximum absolute atomic E-state index is 12.9. The van der Waals surface area contributed by atoms with Crippen LogP contribution in [0.2, 0.25) is 0 Å². The number of nitriles is 1. The molecule has 162 valence electrons. The van der Waals surface area contributed by atoms with Crippen LogP contribution in [-0.4, -0.2) is 42.7 Å². The van der Waals surface area contributed by atoms with Crippen LogP contribution in [0, 0.1) is 17.2 Å². The Balaban J connectivity index is 1.25. The summed E-state index contributed by atoms with van der Waals surface area (Å²) in [7, 11) is 0. The van der Waals surface area contributed by atoms with E-state index < -0.39 is 0 Å². The quantitative estimate of drug-likeness (QED) is 0.645. The van der Waals surface area contributed by atoms with Gasteiger partial charge in [-0.2, -0.15) is 5.26 Å². The van der Waals surface area contributed by atoms with Crippen molar-refractivity contribution in [3.8, 4) is 6.07 Å². The Morgan fingerprint density at radius 3 is 2.74 bits per heavy atom. The zero-order chi connectivity index (χ0) is 21.5. The Hall–Kier alpha value is -2.68. The van der Waals surface area contributed by atoms with E-state index in [4.69, 9.17) is 14.7 Å². The number of ether oxygens (including phenoxy) is 2. The molecule has 5 heteroatoms. The van der Waals surface area contributed by atoms with Gasteiger partial charge in [-0.15, -0.1) is 0 Å². The first kappa shape index (κ1) is 21.5. The Labute approximate surface area is 184 Å². The van der Waals surface area contributed by atoms with Gasteiger partial charge >= 0.3 is 0 Å². The van der Waals surface area contributed by atoms with Crippen LogP contribution >= 0.6 is 0 Å². The van der Waals surface area contributed by atoms with Gasteiger partial charge in [-0.05, 0) is 61.8 Å². The summed E-state index contributed by atoms with van der Waals surface area (Å²) in [6.45, 7) is 3.63. The number of hydrogen-bond donors (Lipinski definition) is 0. The summed E-state index contributed by atoms with van der Waals surface area (Å²) >= 11 is 0. The molecule has 0 aliphatic carbocycles. The molecule has 0 radical (unpaired) electrons. The van der Waals surface area contributed by atoms with Crippen molar-refractivity contribution in [3.05, 3.63) is 71.3 Å². The fourth-order valence-corrected chi connectivity index (χ4v) is 4.76. The minimum atomic E-state index is -0.104. The van der Waals surface area contributed by atoms with Gasteiger partial charge in [0, 0.05) is 31.9 Å². The van der Waals surface area contributed by atoms with Crippen LogP contribution in [-0.2, 0) is 16.1 Å². The average Bonchev–Trinajstić information content (AvgIpc) is 2.83. The van der Waals surface area contributed by atoms with Crippen molar-refractivity contribution in [2.45, 2.75) is 44.3 Å². The predicted octanol–water partition coefficient (Wildman–Crippen LogP) is 4.57. The van der Waals surface area contributed by atoms with E-state index in [-0.39, 0.29) is 11.5 Å². The van der Waals surface area contributed by atoms with Gasteiger partial charge in [-0.3, -0.25) is 4.79 Å². The second-order valence-electron chi connectivity index (χ2n) is 8.70. The number of benzene rings is 2. The number of rotatable bonds is 6. The molecule has 2 aliphatic heterocycles. The Kier molecular flexibility index (Phi) is 7.01. The lowest BCUT2D eigenvalue weighted by Crippen LogP contribution is -2.50. The topological polar surface area (TPSA) is 62.6 Å². The van der Waals surface area contributed by atoms with Gasteiger partial charge in [0.05, 0.1) is 23.8 Å². The van der Waals surface area contributed by atoms with E-state index in [1.807, 2.05) is 23.1 Å². The first-order chi connectivity index (χ1) is 15.2. The number of hydrogen-bond acceptors (Lipinski definition) is 4. The minimum Gasteiger partial charge on any atom is -0.377 e. The zero-order valence-corrected chi connectivity index (χ0v) is 18.0. The molecule has 0 bridgehead atoms. The molecule has 31 heavy (non-hydrogen) atoms. The molecule has 0 aromatic heterocycles. The highest BCUT2D eigenvalue weighted by Gasteiger charge is 2.41. The van der Waals surface area contributed by atoms with E-state index in [0.29, 0.717) is 36.7 Å². The average molecular weight is 419 g/mol. The van der Waals surface area contributed by atoms with Gasteiger partial charge in [0.25, 0.3) is 5.91 Å². The lowest BCUT2D eigenvalue weighted by Gasteiger charge is -2.46. The van der Waals surface area contributed by atoms with Gasteiger partial charge in [-0.1, -0.05) is 36.4 Å². The number of carbonyl (C=O) groups excluding carboxylic acids is 1. The Morgan fingerprint density at radius 2 is 1.97 bits per heavy atom. The molecule has 2 heterocycles. The van der Waals surface area contributed by atoms with E-state index in [2.05, 4.69) is 18.2 Å². The monoisotopic (exact) mass is 418 g/mol. The SMILES string of the molecule is N#Cc1cccc(C(=O)N2CCC3(CC2)CC(CCOCc2ccccc2)CCO3)c1. The van der Waals surface area contributed by atoms with E-state index in [9.17, 15) is 4.79 Å². The molecular formula is C26H30N2O3. The van der Waals surface area contributed by atoms with Gasteiger partial charge in [-0.25, -0.2) is 0 Å². The highest BCUT2D eigenvalue weighted by molar-refractivity contribution is 5.94. The molecule has 1 atom stereocenters. The molecule has 2 aromatic carbocycles. The van der Waals surface area contributed by atoms with Gasteiger partial charge in [0.2, 0.25) is 0 Å². The highest BCUT2D eigenvalue weighted by Crippen LogP contribution is 2.39. The molecule has 1 unspecified atom stereocenters. The van der Waals surface area contributed by atoms with Crippen molar-refractivity contribution in [2.75, 3.05) is 26.3 Å². The summed E-state index contributed by atoms with van der Waals surface area (Å²) in [5, 5.41) is 9.08. The largest absolute Gasteiger partial charge is 0.377 e. The number of likely N-dealkylation sites (tertiary alicyclic amines) is 1. The summed E-state index contributed by atoms with van der Waals surface area (Å²) in [6.07, 6.45) is 4.94. The third kappa shape index (κ3) is 5.52. The second-order valence-corrected chi connectivity index (χ2v) is 8.70.